The number of imidazole rings is 1. The molecule has 0 radical (unpaired) electrons. The van der Waals surface area contributed by atoms with E-state index in [-0.39, 0.29) is 18.9 Å². The van der Waals surface area contributed by atoms with Crippen LogP contribution in [0.3, 0.4) is 0 Å². The van der Waals surface area contributed by atoms with Gasteiger partial charge >= 0.3 is 0 Å². The van der Waals surface area contributed by atoms with Crippen molar-refractivity contribution in [3.05, 3.63) is 24.3 Å². The minimum absolute atomic E-state index is 0.00206. The maximum atomic E-state index is 12.5. The van der Waals surface area contributed by atoms with Gasteiger partial charge in [0.2, 0.25) is 5.91 Å². The molecular formula is C22H28N6O3. The van der Waals surface area contributed by atoms with Crippen LogP contribution in [0.5, 0.6) is 0 Å². The number of aromatic amines is 1. The van der Waals surface area contributed by atoms with Crippen molar-refractivity contribution in [1.82, 2.24) is 24.8 Å². The first-order valence-corrected chi connectivity index (χ1v) is 10.8. The van der Waals surface area contributed by atoms with E-state index in [1.54, 1.807) is 6.20 Å². The van der Waals surface area contributed by atoms with Crippen molar-refractivity contribution in [3.8, 4) is 6.07 Å². The first kappa shape index (κ1) is 21.3. The third kappa shape index (κ3) is 4.70. The van der Waals surface area contributed by atoms with Crippen LogP contribution in [0.2, 0.25) is 0 Å². The van der Waals surface area contributed by atoms with Crippen LogP contribution in [0.1, 0.15) is 37.9 Å². The second-order valence-electron chi connectivity index (χ2n) is 8.44. The third-order valence-electron chi connectivity index (χ3n) is 6.22. The van der Waals surface area contributed by atoms with Crippen molar-refractivity contribution in [2.75, 3.05) is 13.2 Å². The molecule has 4 N–H and O–H groups in total. The lowest BCUT2D eigenvalue weighted by atomic mass is 9.80. The summed E-state index contributed by atoms with van der Waals surface area (Å²) in [6.07, 6.45) is 7.54. The molecule has 9 nitrogen and oxygen atoms in total. The fourth-order valence-electron chi connectivity index (χ4n) is 4.52. The molecule has 164 valence electrons. The first-order chi connectivity index (χ1) is 15.1. The van der Waals surface area contributed by atoms with Gasteiger partial charge in [-0.2, -0.15) is 5.26 Å². The molecule has 1 amide bonds. The Morgan fingerprint density at radius 1 is 1.35 bits per heavy atom. The van der Waals surface area contributed by atoms with Gasteiger partial charge in [-0.15, -0.1) is 0 Å². The highest BCUT2D eigenvalue weighted by Crippen LogP contribution is 2.33. The van der Waals surface area contributed by atoms with Crippen LogP contribution in [-0.2, 0) is 17.8 Å². The number of nitrogens with zero attached hydrogens (tertiary/aromatic N) is 4. The molecule has 0 saturated heterocycles. The molecular weight excluding hydrogens is 396 g/mol. The Labute approximate surface area is 180 Å². The number of pyridine rings is 1. The number of aromatic nitrogens is 4. The number of nitriles is 1. The van der Waals surface area contributed by atoms with Crippen molar-refractivity contribution < 1.29 is 15.0 Å². The van der Waals surface area contributed by atoms with Gasteiger partial charge in [0, 0.05) is 31.1 Å². The highest BCUT2D eigenvalue weighted by Gasteiger charge is 2.24. The lowest BCUT2D eigenvalue weighted by Crippen LogP contribution is -2.35. The summed E-state index contributed by atoms with van der Waals surface area (Å²) in [6.45, 7) is 0.369. The summed E-state index contributed by atoms with van der Waals surface area (Å²) in [5.41, 5.74) is 2.51. The number of nitrogens with one attached hydrogen (secondary N) is 2. The van der Waals surface area contributed by atoms with E-state index in [1.165, 1.54) is 0 Å². The van der Waals surface area contributed by atoms with Crippen LogP contribution in [0.4, 0.5) is 0 Å². The van der Waals surface area contributed by atoms with Gasteiger partial charge in [-0.25, -0.2) is 9.97 Å². The average molecular weight is 425 g/mol. The number of hydrogen-bond acceptors (Lipinski definition) is 6. The van der Waals surface area contributed by atoms with Crippen molar-refractivity contribution in [1.29, 1.82) is 5.26 Å². The zero-order valence-electron chi connectivity index (χ0n) is 17.4. The van der Waals surface area contributed by atoms with E-state index in [4.69, 9.17) is 15.4 Å². The average Bonchev–Trinajstić information content (AvgIpc) is 3.38. The number of rotatable bonds is 8. The fraction of sp³-hybridized carbons (Fsp3) is 0.545. The summed E-state index contributed by atoms with van der Waals surface area (Å²) >= 11 is 0. The molecule has 3 aromatic rings. The lowest BCUT2D eigenvalue weighted by Gasteiger charge is -2.28. The normalized spacial score (nSPS) is 20.0. The predicted octanol–water partition coefficient (Wildman–Crippen LogP) is 1.64. The molecule has 1 atom stereocenters. The Balaban J connectivity index is 1.60. The number of hydrogen-bond donors (Lipinski definition) is 4. The van der Waals surface area contributed by atoms with Crippen LogP contribution in [0, 0.1) is 23.2 Å². The van der Waals surface area contributed by atoms with E-state index in [1.807, 2.05) is 12.3 Å². The SMILES string of the molecule is N#CCC1CCC(Cn2c(CC(=O)NCC(O)CO)nc3cnc4[nH]ccc4c32)CC1. The molecule has 3 heterocycles. The number of H-pyrrole nitrogens is 1. The second kappa shape index (κ2) is 9.45. The number of aliphatic hydroxyl groups excluding tert-OH is 2. The van der Waals surface area contributed by atoms with Gasteiger partial charge in [0.05, 0.1) is 36.9 Å². The van der Waals surface area contributed by atoms with E-state index in [0.29, 0.717) is 24.1 Å². The molecule has 0 aromatic carbocycles. The van der Waals surface area contributed by atoms with Gasteiger partial charge in [0.1, 0.15) is 17.0 Å². The van der Waals surface area contributed by atoms with E-state index in [2.05, 4.69) is 25.9 Å². The number of carbonyl (C=O) groups excluding carboxylic acids is 1. The molecule has 1 saturated carbocycles. The molecule has 31 heavy (non-hydrogen) atoms. The summed E-state index contributed by atoms with van der Waals surface area (Å²) in [5.74, 6) is 1.37. The van der Waals surface area contributed by atoms with Gasteiger partial charge in [0.15, 0.2) is 0 Å². The van der Waals surface area contributed by atoms with Gasteiger partial charge in [-0.1, -0.05) is 0 Å². The monoisotopic (exact) mass is 424 g/mol. The molecule has 1 aliphatic rings. The molecule has 0 bridgehead atoms. The van der Waals surface area contributed by atoms with Crippen LogP contribution in [0.25, 0.3) is 22.1 Å². The highest BCUT2D eigenvalue weighted by molar-refractivity contribution is 6.01. The zero-order valence-corrected chi connectivity index (χ0v) is 17.4. The molecule has 0 aliphatic heterocycles. The van der Waals surface area contributed by atoms with Gasteiger partial charge in [-0.3, -0.25) is 4.79 Å². The first-order valence-electron chi connectivity index (χ1n) is 10.8. The number of aliphatic hydroxyl groups is 2. The van der Waals surface area contributed by atoms with Crippen molar-refractivity contribution in [2.24, 2.45) is 11.8 Å². The van der Waals surface area contributed by atoms with E-state index >= 15 is 0 Å². The molecule has 0 spiro atoms. The van der Waals surface area contributed by atoms with Crippen LogP contribution in [-0.4, -0.2) is 54.9 Å². The molecule has 3 aromatic heterocycles. The van der Waals surface area contributed by atoms with Crippen LogP contribution in [0.15, 0.2) is 18.5 Å². The summed E-state index contributed by atoms with van der Waals surface area (Å²) in [4.78, 5) is 24.7. The maximum Gasteiger partial charge on any atom is 0.227 e. The van der Waals surface area contributed by atoms with Gasteiger partial charge in [-0.05, 0) is 43.6 Å². The molecule has 1 fully saturated rings. The Bertz CT molecular complexity index is 1090. The second-order valence-corrected chi connectivity index (χ2v) is 8.44. The Kier molecular flexibility index (Phi) is 6.49. The van der Waals surface area contributed by atoms with Crippen LogP contribution < -0.4 is 5.32 Å². The maximum absolute atomic E-state index is 12.5. The zero-order chi connectivity index (χ0) is 21.8. The van der Waals surface area contributed by atoms with Crippen molar-refractivity contribution >= 4 is 28.0 Å². The molecule has 9 heteroatoms. The Hall–Kier alpha value is -2.96. The highest BCUT2D eigenvalue weighted by atomic mass is 16.3. The van der Waals surface area contributed by atoms with Crippen molar-refractivity contribution in [2.45, 2.75) is 51.2 Å². The molecule has 1 aliphatic carbocycles. The van der Waals surface area contributed by atoms with Crippen LogP contribution >= 0.6 is 0 Å². The Morgan fingerprint density at radius 3 is 2.87 bits per heavy atom. The molecule has 4 rings (SSSR count). The smallest absolute Gasteiger partial charge is 0.227 e. The predicted molar refractivity (Wildman–Crippen MR) is 115 cm³/mol. The summed E-state index contributed by atoms with van der Waals surface area (Å²) < 4.78 is 2.14. The van der Waals surface area contributed by atoms with E-state index in [0.717, 1.165) is 54.3 Å². The third-order valence-corrected chi connectivity index (χ3v) is 6.22. The molecule has 1 unspecified atom stereocenters. The minimum atomic E-state index is -0.977. The standard InChI is InChI=1S/C22H28N6O3/c23-7-5-14-1-3-15(4-2-14)12-28-19(9-20(31)25-10-16(30)13-29)27-18-11-26-22-17(21(18)28)6-8-24-22/h6,8,11,14-16,29-30H,1-5,9-10,12-13H2,(H,24,26)(H,25,31). The largest absolute Gasteiger partial charge is 0.394 e. The number of carbonyl (C=O) groups is 1. The summed E-state index contributed by atoms with van der Waals surface area (Å²) in [5, 5.41) is 31.0. The van der Waals surface area contributed by atoms with Gasteiger partial charge in [0.25, 0.3) is 0 Å². The fourth-order valence-corrected chi connectivity index (χ4v) is 4.52. The summed E-state index contributed by atoms with van der Waals surface area (Å²) in [6, 6.07) is 4.27. The van der Waals surface area contributed by atoms with Crippen molar-refractivity contribution in [3.63, 3.8) is 0 Å². The topological polar surface area (TPSA) is 140 Å². The Morgan fingerprint density at radius 2 is 2.13 bits per heavy atom. The number of amides is 1. The van der Waals surface area contributed by atoms with E-state index < -0.39 is 12.7 Å². The van der Waals surface area contributed by atoms with E-state index in [9.17, 15) is 9.90 Å². The minimum Gasteiger partial charge on any atom is -0.394 e. The lowest BCUT2D eigenvalue weighted by molar-refractivity contribution is -0.121. The quantitative estimate of drug-likeness (QED) is 0.433. The van der Waals surface area contributed by atoms with Gasteiger partial charge < -0.3 is 25.1 Å². The number of fused-ring (bicyclic) bond motifs is 3. The summed E-state index contributed by atoms with van der Waals surface area (Å²) in [7, 11) is 0.